The van der Waals surface area contributed by atoms with Crippen molar-refractivity contribution in [2.45, 2.75) is 34.1 Å². The number of hydrogen-bond acceptors (Lipinski definition) is 3. The average Bonchev–Trinajstić information content (AvgIpc) is 3.20. The molecule has 5 nitrogen and oxygen atoms in total. The van der Waals surface area contributed by atoms with Gasteiger partial charge >= 0.3 is 0 Å². The molecule has 0 atom stereocenters. The first kappa shape index (κ1) is 23.5. The van der Waals surface area contributed by atoms with Crippen LogP contribution < -0.4 is 4.72 Å². The van der Waals surface area contributed by atoms with Crippen LogP contribution >= 0.6 is 0 Å². The lowest BCUT2D eigenvalue weighted by molar-refractivity contribution is 0.601. The number of nitrogens with zero attached hydrogens (tertiary/aromatic N) is 1. The van der Waals surface area contributed by atoms with Gasteiger partial charge in [-0.25, -0.2) is 17.8 Å². The van der Waals surface area contributed by atoms with Gasteiger partial charge in [-0.3, -0.25) is 4.72 Å². The highest BCUT2D eigenvalue weighted by Gasteiger charge is 2.13. The van der Waals surface area contributed by atoms with Gasteiger partial charge in [0.2, 0.25) is 10.0 Å². The maximum atomic E-state index is 14.5. The molecule has 4 rings (SSSR count). The molecule has 0 aliphatic rings. The Hall–Kier alpha value is -3.19. The fourth-order valence-electron chi connectivity index (χ4n) is 3.34. The molecule has 2 aromatic carbocycles. The van der Waals surface area contributed by atoms with Crippen LogP contribution in [0.15, 0.2) is 60.9 Å². The number of aryl methyl sites for hydroxylation is 1. The van der Waals surface area contributed by atoms with E-state index in [-0.39, 0.29) is 11.6 Å². The van der Waals surface area contributed by atoms with Crippen molar-refractivity contribution in [2.24, 2.45) is 0 Å². The number of pyridine rings is 1. The zero-order valence-corrected chi connectivity index (χ0v) is 19.6. The fraction of sp³-hybridized carbons (Fsp3) is 0.240. The van der Waals surface area contributed by atoms with Crippen molar-refractivity contribution >= 4 is 26.7 Å². The van der Waals surface area contributed by atoms with Crippen LogP contribution in [-0.2, 0) is 16.4 Å². The average molecular weight is 454 g/mol. The summed E-state index contributed by atoms with van der Waals surface area (Å²) in [6.45, 7) is 7.59. The second-order valence-electron chi connectivity index (χ2n) is 7.29. The maximum Gasteiger partial charge on any atom is 0.232 e. The van der Waals surface area contributed by atoms with Gasteiger partial charge in [-0.05, 0) is 54.8 Å². The third-order valence-corrected chi connectivity index (χ3v) is 6.39. The molecule has 0 amide bonds. The predicted octanol–water partition coefficient (Wildman–Crippen LogP) is 6.06. The maximum absolute atomic E-state index is 14.5. The molecule has 0 radical (unpaired) electrons. The minimum absolute atomic E-state index is 0.0460. The van der Waals surface area contributed by atoms with E-state index in [1.54, 1.807) is 13.0 Å². The van der Waals surface area contributed by atoms with E-state index in [2.05, 4.69) is 26.8 Å². The summed E-state index contributed by atoms with van der Waals surface area (Å²) in [6, 6.07) is 14.5. The third kappa shape index (κ3) is 5.34. The van der Waals surface area contributed by atoms with Crippen LogP contribution in [0.4, 0.5) is 10.1 Å². The molecular formula is C25H28FN3O2S. The highest BCUT2D eigenvalue weighted by atomic mass is 32.2. The number of aromatic nitrogens is 2. The van der Waals surface area contributed by atoms with E-state index in [0.29, 0.717) is 17.7 Å². The molecular weight excluding hydrogens is 425 g/mol. The molecule has 0 unspecified atom stereocenters. The highest BCUT2D eigenvalue weighted by molar-refractivity contribution is 7.92. The number of halogens is 1. The first-order valence-corrected chi connectivity index (χ1v) is 12.3. The Labute approximate surface area is 188 Å². The second kappa shape index (κ2) is 9.96. The Morgan fingerprint density at radius 2 is 1.72 bits per heavy atom. The Balaban J connectivity index is 0.00000141. The smallest absolute Gasteiger partial charge is 0.232 e. The van der Waals surface area contributed by atoms with Crippen molar-refractivity contribution in [3.8, 4) is 11.1 Å². The number of aromatic amines is 1. The molecule has 168 valence electrons. The van der Waals surface area contributed by atoms with Gasteiger partial charge in [0.1, 0.15) is 11.5 Å². The van der Waals surface area contributed by atoms with Gasteiger partial charge in [0, 0.05) is 35.5 Å². The summed E-state index contributed by atoms with van der Waals surface area (Å²) in [5.74, 6) is -0.429. The van der Waals surface area contributed by atoms with Crippen LogP contribution in [-0.4, -0.2) is 24.1 Å². The van der Waals surface area contributed by atoms with E-state index in [1.807, 2.05) is 51.4 Å². The van der Waals surface area contributed by atoms with Crippen LogP contribution in [0.25, 0.3) is 22.2 Å². The summed E-state index contributed by atoms with van der Waals surface area (Å²) in [5, 5.41) is 0.909. The van der Waals surface area contributed by atoms with Gasteiger partial charge < -0.3 is 4.98 Å². The molecule has 4 aromatic rings. The predicted molar refractivity (Wildman–Crippen MR) is 130 cm³/mol. The lowest BCUT2D eigenvalue weighted by Gasteiger charge is -2.09. The van der Waals surface area contributed by atoms with Gasteiger partial charge in [0.15, 0.2) is 0 Å². The van der Waals surface area contributed by atoms with Crippen molar-refractivity contribution in [2.75, 3.05) is 10.5 Å². The second-order valence-corrected chi connectivity index (χ2v) is 9.30. The van der Waals surface area contributed by atoms with Crippen LogP contribution in [0.3, 0.4) is 0 Å². The van der Waals surface area contributed by atoms with Gasteiger partial charge in [0.05, 0.1) is 5.75 Å². The van der Waals surface area contributed by atoms with Crippen LogP contribution in [0, 0.1) is 12.7 Å². The number of anilines is 1. The van der Waals surface area contributed by atoms with Gasteiger partial charge in [0.25, 0.3) is 0 Å². The van der Waals surface area contributed by atoms with Crippen LogP contribution in [0.1, 0.15) is 37.5 Å². The zero-order valence-electron chi connectivity index (χ0n) is 18.7. The molecule has 2 N–H and O–H groups in total. The topological polar surface area (TPSA) is 74.8 Å². The Morgan fingerprint density at radius 3 is 2.41 bits per heavy atom. The molecule has 2 aromatic heterocycles. The summed E-state index contributed by atoms with van der Waals surface area (Å²) in [6.07, 6.45) is 3.94. The van der Waals surface area contributed by atoms with Gasteiger partial charge in [-0.2, -0.15) is 0 Å². The molecule has 0 saturated heterocycles. The molecule has 0 bridgehead atoms. The highest BCUT2D eigenvalue weighted by Crippen LogP contribution is 2.27. The number of H-pyrrole nitrogens is 1. The zero-order chi connectivity index (χ0) is 23.3. The molecule has 0 aliphatic heterocycles. The molecule has 0 spiro atoms. The quantitative estimate of drug-likeness (QED) is 0.373. The van der Waals surface area contributed by atoms with E-state index in [9.17, 15) is 12.8 Å². The Kier molecular flexibility index (Phi) is 7.30. The van der Waals surface area contributed by atoms with Crippen LogP contribution in [0.5, 0.6) is 0 Å². The van der Waals surface area contributed by atoms with Gasteiger partial charge in [-0.1, -0.05) is 43.7 Å². The third-order valence-electron chi connectivity index (χ3n) is 5.08. The van der Waals surface area contributed by atoms with E-state index in [0.717, 1.165) is 27.7 Å². The molecule has 0 aliphatic carbocycles. The lowest BCUT2D eigenvalue weighted by Crippen LogP contribution is -2.14. The van der Waals surface area contributed by atoms with E-state index >= 15 is 0 Å². The number of nitrogens with one attached hydrogen (secondary N) is 2. The van der Waals surface area contributed by atoms with E-state index in [1.165, 1.54) is 17.7 Å². The lowest BCUT2D eigenvalue weighted by atomic mass is 10.0. The van der Waals surface area contributed by atoms with E-state index in [4.69, 9.17) is 0 Å². The monoisotopic (exact) mass is 453 g/mol. The Morgan fingerprint density at radius 1 is 1.00 bits per heavy atom. The van der Waals surface area contributed by atoms with E-state index < -0.39 is 10.0 Å². The minimum Gasteiger partial charge on any atom is -0.346 e. The minimum atomic E-state index is -3.43. The van der Waals surface area contributed by atoms with Crippen molar-refractivity contribution in [1.82, 2.24) is 9.97 Å². The number of sulfonamides is 1. The van der Waals surface area contributed by atoms with Crippen molar-refractivity contribution in [1.29, 1.82) is 0 Å². The standard InChI is InChI=1S/C23H22FN3O2S.C2H6/c1-3-30(28,29)27-20-8-9-22(24)17(11-20)10-19-14-26-23-21(19)12-18(13-25-23)16-6-4-15(2)5-7-16;1-2/h4-9,11-14,27H,3,10H2,1-2H3,(H,25,26);1-2H3. The van der Waals surface area contributed by atoms with Crippen molar-refractivity contribution in [3.05, 3.63) is 83.4 Å². The fourth-order valence-corrected chi connectivity index (χ4v) is 3.97. The summed E-state index contributed by atoms with van der Waals surface area (Å²) >= 11 is 0. The molecule has 0 fully saturated rings. The van der Waals surface area contributed by atoms with Crippen LogP contribution in [0.2, 0.25) is 0 Å². The number of rotatable bonds is 6. The first-order chi connectivity index (χ1) is 15.3. The summed E-state index contributed by atoms with van der Waals surface area (Å²) in [7, 11) is -3.43. The SMILES string of the molecule is CC.CCS(=O)(=O)Nc1ccc(F)c(Cc2c[nH]c3ncc(-c4ccc(C)cc4)cc23)c1. The summed E-state index contributed by atoms with van der Waals surface area (Å²) in [4.78, 5) is 7.63. The number of hydrogen-bond donors (Lipinski definition) is 2. The summed E-state index contributed by atoms with van der Waals surface area (Å²) in [5.41, 5.74) is 5.60. The Bertz CT molecular complexity index is 1310. The molecule has 7 heteroatoms. The summed E-state index contributed by atoms with van der Waals surface area (Å²) < 4.78 is 40.6. The van der Waals surface area contributed by atoms with Gasteiger partial charge in [-0.15, -0.1) is 0 Å². The largest absolute Gasteiger partial charge is 0.346 e. The normalized spacial score (nSPS) is 11.2. The van der Waals surface area contributed by atoms with Crippen molar-refractivity contribution < 1.29 is 12.8 Å². The van der Waals surface area contributed by atoms with Crippen molar-refractivity contribution in [3.63, 3.8) is 0 Å². The number of fused-ring (bicyclic) bond motifs is 1. The number of benzene rings is 2. The molecule has 0 saturated carbocycles. The molecule has 2 heterocycles. The first-order valence-electron chi connectivity index (χ1n) is 10.7. The molecule has 32 heavy (non-hydrogen) atoms.